The fraction of sp³-hybridized carbons (Fsp3) is 0.429. The topological polar surface area (TPSA) is 41.5 Å². The lowest BCUT2D eigenvalue weighted by atomic mass is 10.0. The second kappa shape index (κ2) is 11.3. The molecule has 3 aromatic rings. The molecule has 2 N–H and O–H groups in total. The van der Waals surface area contributed by atoms with E-state index in [0.717, 1.165) is 48.1 Å². The third-order valence-corrected chi connectivity index (χ3v) is 6.56. The number of anilines is 1. The standard InChI is InChI=1S/C28H33F3N4O/c1-20-6-8-25(27(15-20)36-3)32-12-4-5-24-17-22-16-21(18-33-23-10-13-34(2)14-11-23)7-9-26(22)35(24)19-28(29,30)31/h6-9,15-17,23,32-33H,10-14,18-19H2,1-3H3. The smallest absolute Gasteiger partial charge is 0.406 e. The van der Waals surface area contributed by atoms with Gasteiger partial charge in [0.25, 0.3) is 0 Å². The molecule has 1 fully saturated rings. The minimum absolute atomic E-state index is 0.276. The number of likely N-dealkylation sites (tertiary alicyclic amines) is 1. The van der Waals surface area contributed by atoms with Crippen LogP contribution in [-0.2, 0) is 13.1 Å². The average molecular weight is 499 g/mol. The average Bonchev–Trinajstić information content (AvgIpc) is 3.17. The minimum Gasteiger partial charge on any atom is -0.495 e. The molecule has 1 saturated heterocycles. The van der Waals surface area contributed by atoms with Gasteiger partial charge in [0.05, 0.1) is 25.0 Å². The van der Waals surface area contributed by atoms with Gasteiger partial charge in [0.15, 0.2) is 0 Å². The summed E-state index contributed by atoms with van der Waals surface area (Å²) in [5.41, 5.74) is 3.79. The Morgan fingerprint density at radius 2 is 1.86 bits per heavy atom. The van der Waals surface area contributed by atoms with Gasteiger partial charge in [0.2, 0.25) is 0 Å². The molecule has 0 unspecified atom stereocenters. The predicted octanol–water partition coefficient (Wildman–Crippen LogP) is 5.17. The van der Waals surface area contributed by atoms with Crippen LogP contribution < -0.4 is 15.4 Å². The Labute approximate surface area is 210 Å². The van der Waals surface area contributed by atoms with Crippen molar-refractivity contribution in [3.8, 4) is 17.6 Å². The predicted molar refractivity (Wildman–Crippen MR) is 138 cm³/mol. The van der Waals surface area contributed by atoms with E-state index >= 15 is 0 Å². The van der Waals surface area contributed by atoms with Crippen molar-refractivity contribution >= 4 is 16.6 Å². The van der Waals surface area contributed by atoms with Crippen molar-refractivity contribution in [2.75, 3.05) is 39.1 Å². The largest absolute Gasteiger partial charge is 0.495 e. The van der Waals surface area contributed by atoms with Crippen LogP contribution in [0, 0.1) is 18.8 Å². The second-order valence-electron chi connectivity index (χ2n) is 9.44. The molecular weight excluding hydrogens is 465 g/mol. The molecule has 5 nitrogen and oxygen atoms in total. The Morgan fingerprint density at radius 1 is 1.08 bits per heavy atom. The molecule has 192 valence electrons. The van der Waals surface area contributed by atoms with Crippen molar-refractivity contribution < 1.29 is 17.9 Å². The van der Waals surface area contributed by atoms with E-state index in [9.17, 15) is 13.2 Å². The summed E-state index contributed by atoms with van der Waals surface area (Å²) in [5, 5.41) is 7.54. The Kier molecular flexibility index (Phi) is 8.12. The van der Waals surface area contributed by atoms with E-state index in [1.807, 2.05) is 37.3 Å². The molecule has 0 aliphatic carbocycles. The van der Waals surface area contributed by atoms with Crippen molar-refractivity contribution in [1.29, 1.82) is 0 Å². The second-order valence-corrected chi connectivity index (χ2v) is 9.44. The highest BCUT2D eigenvalue weighted by Crippen LogP contribution is 2.27. The third-order valence-electron chi connectivity index (χ3n) is 6.56. The van der Waals surface area contributed by atoms with Crippen LogP contribution in [0.15, 0.2) is 42.5 Å². The van der Waals surface area contributed by atoms with Crippen molar-refractivity contribution in [2.24, 2.45) is 0 Å². The van der Waals surface area contributed by atoms with Crippen LogP contribution in [0.2, 0.25) is 0 Å². The maximum absolute atomic E-state index is 13.4. The number of halogens is 3. The summed E-state index contributed by atoms with van der Waals surface area (Å²) in [7, 11) is 3.73. The molecule has 0 spiro atoms. The van der Waals surface area contributed by atoms with Crippen LogP contribution >= 0.6 is 0 Å². The van der Waals surface area contributed by atoms with Crippen LogP contribution in [0.25, 0.3) is 10.9 Å². The van der Waals surface area contributed by atoms with E-state index in [0.29, 0.717) is 29.5 Å². The molecular formula is C28H33F3N4O. The van der Waals surface area contributed by atoms with Crippen LogP contribution in [-0.4, -0.2) is 55.5 Å². The van der Waals surface area contributed by atoms with E-state index in [2.05, 4.69) is 34.4 Å². The lowest BCUT2D eigenvalue weighted by Gasteiger charge is -2.29. The van der Waals surface area contributed by atoms with Crippen molar-refractivity contribution in [1.82, 2.24) is 14.8 Å². The summed E-state index contributed by atoms with van der Waals surface area (Å²) in [6.07, 6.45) is -2.14. The van der Waals surface area contributed by atoms with E-state index in [1.54, 1.807) is 19.2 Å². The number of nitrogens with zero attached hydrogens (tertiary/aromatic N) is 2. The lowest BCUT2D eigenvalue weighted by molar-refractivity contribution is -0.140. The third kappa shape index (κ3) is 6.74. The van der Waals surface area contributed by atoms with Gasteiger partial charge in [-0.2, -0.15) is 13.2 Å². The van der Waals surface area contributed by atoms with E-state index in [1.165, 1.54) is 4.57 Å². The Balaban J connectivity index is 1.50. The van der Waals surface area contributed by atoms with Gasteiger partial charge in [-0.25, -0.2) is 0 Å². The van der Waals surface area contributed by atoms with Gasteiger partial charge in [-0.05, 0) is 87.3 Å². The lowest BCUT2D eigenvalue weighted by Crippen LogP contribution is -2.40. The number of fused-ring (bicyclic) bond motifs is 1. The van der Waals surface area contributed by atoms with Crippen LogP contribution in [0.3, 0.4) is 0 Å². The summed E-state index contributed by atoms with van der Waals surface area (Å²) < 4.78 is 46.8. The fourth-order valence-electron chi connectivity index (χ4n) is 4.58. The summed E-state index contributed by atoms with van der Waals surface area (Å²) >= 11 is 0. The van der Waals surface area contributed by atoms with Crippen LogP contribution in [0.1, 0.15) is 29.7 Å². The van der Waals surface area contributed by atoms with Gasteiger partial charge in [-0.3, -0.25) is 0 Å². The van der Waals surface area contributed by atoms with Gasteiger partial charge < -0.3 is 24.8 Å². The molecule has 8 heteroatoms. The number of rotatable bonds is 7. The van der Waals surface area contributed by atoms with Crippen molar-refractivity contribution in [2.45, 2.75) is 45.1 Å². The van der Waals surface area contributed by atoms with Gasteiger partial charge in [0.1, 0.15) is 12.3 Å². The van der Waals surface area contributed by atoms with Gasteiger partial charge in [-0.1, -0.05) is 18.1 Å². The maximum atomic E-state index is 13.4. The number of methoxy groups -OCH3 is 1. The maximum Gasteiger partial charge on any atom is 0.406 e. The highest BCUT2D eigenvalue weighted by Gasteiger charge is 2.29. The Bertz CT molecular complexity index is 1250. The molecule has 0 radical (unpaired) electrons. The molecule has 0 atom stereocenters. The summed E-state index contributed by atoms with van der Waals surface area (Å²) in [5.74, 6) is 6.61. The minimum atomic E-state index is -4.34. The molecule has 36 heavy (non-hydrogen) atoms. The zero-order chi connectivity index (χ0) is 25.7. The molecule has 0 amide bonds. The summed E-state index contributed by atoms with van der Waals surface area (Å²) in [6.45, 7) is 4.01. The Hall–Kier alpha value is -3.15. The molecule has 0 bridgehead atoms. The first-order valence-electron chi connectivity index (χ1n) is 12.2. The van der Waals surface area contributed by atoms with Gasteiger partial charge >= 0.3 is 6.18 Å². The highest BCUT2D eigenvalue weighted by atomic mass is 19.4. The number of aryl methyl sites for hydroxylation is 1. The Morgan fingerprint density at radius 3 is 2.58 bits per heavy atom. The monoisotopic (exact) mass is 498 g/mol. The summed E-state index contributed by atoms with van der Waals surface area (Å²) in [4.78, 5) is 2.32. The first-order valence-corrected chi connectivity index (χ1v) is 12.2. The number of hydrogen-bond acceptors (Lipinski definition) is 4. The fourth-order valence-corrected chi connectivity index (χ4v) is 4.58. The molecule has 0 saturated carbocycles. The number of alkyl halides is 3. The molecule has 2 aromatic carbocycles. The SMILES string of the molecule is COc1cc(C)ccc1NCC#Cc1cc2cc(CNC3CCN(C)CC3)ccc2n1CC(F)(F)F. The molecule has 1 aromatic heterocycles. The quantitative estimate of drug-likeness (QED) is 0.441. The van der Waals surface area contributed by atoms with E-state index in [-0.39, 0.29) is 6.54 Å². The van der Waals surface area contributed by atoms with E-state index < -0.39 is 12.7 Å². The summed E-state index contributed by atoms with van der Waals surface area (Å²) in [6, 6.07) is 13.6. The normalized spacial score (nSPS) is 15.1. The molecule has 2 heterocycles. The van der Waals surface area contributed by atoms with Crippen molar-refractivity contribution in [3.05, 3.63) is 59.3 Å². The zero-order valence-corrected chi connectivity index (χ0v) is 21.0. The van der Waals surface area contributed by atoms with E-state index in [4.69, 9.17) is 4.74 Å². The molecule has 1 aliphatic heterocycles. The number of piperidine rings is 1. The van der Waals surface area contributed by atoms with Gasteiger partial charge in [0, 0.05) is 23.5 Å². The van der Waals surface area contributed by atoms with Gasteiger partial charge in [-0.15, -0.1) is 0 Å². The number of aromatic nitrogens is 1. The first-order chi connectivity index (χ1) is 17.2. The highest BCUT2D eigenvalue weighted by molar-refractivity contribution is 5.83. The zero-order valence-electron chi connectivity index (χ0n) is 21.0. The number of hydrogen-bond donors (Lipinski definition) is 2. The molecule has 1 aliphatic rings. The molecule has 4 rings (SSSR count). The van der Waals surface area contributed by atoms with Crippen LogP contribution in [0.5, 0.6) is 5.75 Å². The number of benzene rings is 2. The first kappa shape index (κ1) is 25.9. The van der Waals surface area contributed by atoms with Crippen molar-refractivity contribution in [3.63, 3.8) is 0 Å². The van der Waals surface area contributed by atoms with Crippen LogP contribution in [0.4, 0.5) is 18.9 Å². The number of nitrogens with one attached hydrogen (secondary N) is 2. The number of ether oxygens (including phenoxy) is 1.